The van der Waals surface area contributed by atoms with Crippen molar-refractivity contribution < 1.29 is 22.9 Å². The first kappa shape index (κ1) is 23.4. The van der Waals surface area contributed by atoms with Crippen LogP contribution in [0.1, 0.15) is 46.0 Å². The van der Waals surface area contributed by atoms with Crippen molar-refractivity contribution in [3.63, 3.8) is 0 Å². The molecule has 1 aliphatic rings. The van der Waals surface area contributed by atoms with Gasteiger partial charge in [0.05, 0.1) is 9.82 Å². The summed E-state index contributed by atoms with van der Waals surface area (Å²) in [5, 5.41) is 11.2. The first-order valence-electron chi connectivity index (χ1n) is 10.2. The van der Waals surface area contributed by atoms with Crippen LogP contribution in [-0.4, -0.2) is 67.4 Å². The predicted octanol–water partition coefficient (Wildman–Crippen LogP) is 2.72. The van der Waals surface area contributed by atoms with Gasteiger partial charge in [-0.3, -0.25) is 19.7 Å². The highest BCUT2D eigenvalue weighted by molar-refractivity contribution is 7.90. The van der Waals surface area contributed by atoms with E-state index in [1.165, 1.54) is 4.90 Å². The van der Waals surface area contributed by atoms with Gasteiger partial charge in [0.25, 0.3) is 17.5 Å². The molecule has 1 aliphatic heterocycles. The number of nitro groups is 1. The number of rotatable bonds is 5. The van der Waals surface area contributed by atoms with Gasteiger partial charge in [-0.1, -0.05) is 26.0 Å². The van der Waals surface area contributed by atoms with Gasteiger partial charge in [-0.15, -0.1) is 0 Å². The number of amides is 2. The maximum Gasteiger partial charge on any atom is 0.271 e. The molecule has 0 radical (unpaired) electrons. The van der Waals surface area contributed by atoms with Crippen LogP contribution in [0.25, 0.3) is 0 Å². The average molecular weight is 460 g/mol. The smallest absolute Gasteiger partial charge is 0.271 e. The number of carbonyl (C=O) groups is 2. The SMILES string of the molecule is CC(C)c1ccc(C(=O)N2CCN(C(=O)c3cc([N+](=O)[O-])cc(S(C)(=O)=O)c3)CC2)cc1. The summed E-state index contributed by atoms with van der Waals surface area (Å²) in [7, 11) is -3.73. The van der Waals surface area contributed by atoms with E-state index in [-0.39, 0.29) is 29.5 Å². The maximum atomic E-state index is 12.9. The van der Waals surface area contributed by atoms with Crippen LogP contribution < -0.4 is 0 Å². The number of nitro benzene ring substituents is 1. The van der Waals surface area contributed by atoms with Crippen LogP contribution in [0.5, 0.6) is 0 Å². The molecule has 0 aromatic heterocycles. The Labute approximate surface area is 186 Å². The summed E-state index contributed by atoms with van der Waals surface area (Å²) >= 11 is 0. The Hall–Kier alpha value is -3.27. The van der Waals surface area contributed by atoms with Crippen molar-refractivity contribution in [3.05, 3.63) is 69.3 Å². The molecule has 0 saturated carbocycles. The number of nitrogens with zero attached hydrogens (tertiary/aromatic N) is 3. The zero-order chi connectivity index (χ0) is 23.6. The van der Waals surface area contributed by atoms with Crippen LogP contribution in [0.2, 0.25) is 0 Å². The molecule has 2 amide bonds. The molecule has 1 saturated heterocycles. The summed E-state index contributed by atoms with van der Waals surface area (Å²) in [5.74, 6) is -0.264. The molecule has 0 unspecified atom stereocenters. The van der Waals surface area contributed by atoms with E-state index >= 15 is 0 Å². The van der Waals surface area contributed by atoms with Crippen LogP contribution in [0, 0.1) is 10.1 Å². The summed E-state index contributed by atoms with van der Waals surface area (Å²) in [5.41, 5.74) is 1.19. The molecule has 0 atom stereocenters. The molecule has 0 bridgehead atoms. The second kappa shape index (κ2) is 9.07. The molecular weight excluding hydrogens is 434 g/mol. The molecule has 0 N–H and O–H groups in total. The minimum Gasteiger partial charge on any atom is -0.335 e. The zero-order valence-corrected chi connectivity index (χ0v) is 19.0. The fourth-order valence-corrected chi connectivity index (χ4v) is 4.19. The number of non-ortho nitro benzene ring substituents is 1. The number of piperazine rings is 1. The number of hydrogen-bond acceptors (Lipinski definition) is 6. The lowest BCUT2D eigenvalue weighted by molar-refractivity contribution is -0.385. The number of benzene rings is 2. The Morgan fingerprint density at radius 3 is 1.84 bits per heavy atom. The topological polar surface area (TPSA) is 118 Å². The van der Waals surface area contributed by atoms with Gasteiger partial charge in [0.15, 0.2) is 9.84 Å². The predicted molar refractivity (Wildman–Crippen MR) is 119 cm³/mol. The van der Waals surface area contributed by atoms with Gasteiger partial charge >= 0.3 is 0 Å². The van der Waals surface area contributed by atoms with Gasteiger partial charge in [-0.25, -0.2) is 8.42 Å². The first-order chi connectivity index (χ1) is 15.0. The fourth-order valence-electron chi connectivity index (χ4n) is 3.51. The highest BCUT2D eigenvalue weighted by Gasteiger charge is 2.27. The van der Waals surface area contributed by atoms with Crippen LogP contribution in [0.15, 0.2) is 47.4 Å². The van der Waals surface area contributed by atoms with Gasteiger partial charge < -0.3 is 9.80 Å². The molecule has 1 fully saturated rings. The molecule has 0 spiro atoms. The molecule has 1 heterocycles. The van der Waals surface area contributed by atoms with E-state index in [0.717, 1.165) is 30.0 Å². The van der Waals surface area contributed by atoms with E-state index in [9.17, 15) is 28.1 Å². The highest BCUT2D eigenvalue weighted by atomic mass is 32.2. The van der Waals surface area contributed by atoms with Crippen molar-refractivity contribution in [2.45, 2.75) is 24.7 Å². The normalized spacial score (nSPS) is 14.5. The Kier molecular flexibility index (Phi) is 6.63. The first-order valence-corrected chi connectivity index (χ1v) is 12.0. The Balaban J connectivity index is 1.72. The number of hydrogen-bond donors (Lipinski definition) is 0. The molecule has 32 heavy (non-hydrogen) atoms. The third-order valence-corrected chi connectivity index (χ3v) is 6.55. The fraction of sp³-hybridized carbons (Fsp3) is 0.364. The van der Waals surface area contributed by atoms with Gasteiger partial charge in [0.1, 0.15) is 0 Å². The summed E-state index contributed by atoms with van der Waals surface area (Å²) in [6.07, 6.45) is 0.929. The van der Waals surface area contributed by atoms with Crippen LogP contribution >= 0.6 is 0 Å². The third-order valence-electron chi connectivity index (χ3n) is 5.46. The Bertz CT molecular complexity index is 1150. The standard InChI is InChI=1S/C22H25N3O6S/c1-15(2)16-4-6-17(7-5-16)21(26)23-8-10-24(11-9-23)22(27)18-12-19(25(28)29)14-20(13-18)32(3,30)31/h4-7,12-15H,8-11H2,1-3H3. The lowest BCUT2D eigenvalue weighted by Gasteiger charge is -2.35. The van der Waals surface area contributed by atoms with Crippen LogP contribution in [-0.2, 0) is 9.84 Å². The minimum atomic E-state index is -3.73. The number of sulfone groups is 1. The third kappa shape index (κ3) is 5.13. The van der Waals surface area contributed by atoms with Gasteiger partial charge in [0.2, 0.25) is 0 Å². The molecule has 10 heteroatoms. The summed E-state index contributed by atoms with van der Waals surface area (Å²) in [6.45, 7) is 5.26. The zero-order valence-electron chi connectivity index (χ0n) is 18.1. The van der Waals surface area contributed by atoms with Crippen molar-refractivity contribution >= 4 is 27.3 Å². The van der Waals surface area contributed by atoms with E-state index in [4.69, 9.17) is 0 Å². The van der Waals surface area contributed by atoms with E-state index in [2.05, 4.69) is 13.8 Å². The van der Waals surface area contributed by atoms with E-state index in [1.54, 1.807) is 17.0 Å². The lowest BCUT2D eigenvalue weighted by atomic mass is 10.0. The molecule has 2 aromatic carbocycles. The summed E-state index contributed by atoms with van der Waals surface area (Å²) in [6, 6.07) is 10.6. The van der Waals surface area contributed by atoms with Gasteiger partial charge in [-0.2, -0.15) is 0 Å². The van der Waals surface area contributed by atoms with Crippen molar-refractivity contribution in [3.8, 4) is 0 Å². The Morgan fingerprint density at radius 1 is 0.906 bits per heavy atom. The van der Waals surface area contributed by atoms with Crippen molar-refractivity contribution in [2.24, 2.45) is 0 Å². The van der Waals surface area contributed by atoms with E-state index < -0.39 is 26.4 Å². The number of carbonyl (C=O) groups excluding carboxylic acids is 2. The molecule has 0 aliphatic carbocycles. The molecule has 9 nitrogen and oxygen atoms in total. The maximum absolute atomic E-state index is 12.9. The van der Waals surface area contributed by atoms with Crippen molar-refractivity contribution in [1.82, 2.24) is 9.80 Å². The minimum absolute atomic E-state index is 0.0660. The van der Waals surface area contributed by atoms with Gasteiger partial charge in [-0.05, 0) is 29.7 Å². The van der Waals surface area contributed by atoms with Crippen molar-refractivity contribution in [1.29, 1.82) is 0 Å². The molecular formula is C22H25N3O6S. The van der Waals surface area contributed by atoms with E-state index in [0.29, 0.717) is 24.6 Å². The second-order valence-electron chi connectivity index (χ2n) is 8.11. The molecule has 3 rings (SSSR count). The van der Waals surface area contributed by atoms with Crippen LogP contribution in [0.4, 0.5) is 5.69 Å². The summed E-state index contributed by atoms with van der Waals surface area (Å²) < 4.78 is 23.8. The quantitative estimate of drug-likeness (QED) is 0.501. The molecule has 170 valence electrons. The summed E-state index contributed by atoms with van der Waals surface area (Å²) in [4.78, 5) is 39.0. The van der Waals surface area contributed by atoms with Crippen LogP contribution in [0.3, 0.4) is 0 Å². The average Bonchev–Trinajstić information content (AvgIpc) is 2.77. The largest absolute Gasteiger partial charge is 0.335 e. The van der Waals surface area contributed by atoms with E-state index in [1.807, 2.05) is 12.1 Å². The Morgan fingerprint density at radius 2 is 1.41 bits per heavy atom. The molecule has 2 aromatic rings. The second-order valence-corrected chi connectivity index (χ2v) is 10.1. The highest BCUT2D eigenvalue weighted by Crippen LogP contribution is 2.23. The lowest BCUT2D eigenvalue weighted by Crippen LogP contribution is -2.50. The van der Waals surface area contributed by atoms with Gasteiger partial charge in [0, 0.05) is 55.7 Å². The monoisotopic (exact) mass is 459 g/mol. The van der Waals surface area contributed by atoms with Crippen molar-refractivity contribution in [2.75, 3.05) is 32.4 Å².